The molecule has 2 rings (SSSR count). The first-order valence-electron chi connectivity index (χ1n) is 10.3. The maximum Gasteiger partial charge on any atom is 0.333 e. The van der Waals surface area contributed by atoms with E-state index >= 15 is 0 Å². The van der Waals surface area contributed by atoms with E-state index in [0.717, 1.165) is 34.2 Å². The predicted molar refractivity (Wildman–Crippen MR) is 126 cm³/mol. The molecule has 0 amide bonds. The van der Waals surface area contributed by atoms with Crippen molar-refractivity contribution in [2.24, 2.45) is 12.0 Å². The van der Waals surface area contributed by atoms with Gasteiger partial charge in [-0.05, 0) is 30.4 Å². The number of carbonyl (C=O) groups excluding carboxylic acids is 1. The summed E-state index contributed by atoms with van der Waals surface area (Å²) >= 11 is 0. The molecule has 0 radical (unpaired) electrons. The van der Waals surface area contributed by atoms with Crippen LogP contribution < -0.4 is 0 Å². The average Bonchev–Trinajstić information content (AvgIpc) is 2.95. The third kappa shape index (κ3) is 5.72. The largest absolute Gasteiger partial charge is 0.452 e. The molecule has 1 heterocycles. The van der Waals surface area contributed by atoms with E-state index in [0.29, 0.717) is 5.76 Å². The molecule has 1 aromatic carbocycles. The normalized spacial score (nSPS) is 13.7. The smallest absolute Gasteiger partial charge is 0.333 e. The Morgan fingerprint density at radius 3 is 2.26 bits per heavy atom. The SMILES string of the molecule is C=CC(=O)OC(C)O/C(=C(/C=NC)c1ccc(C(C)(C)C)cc1)c1c(C)c(C)nn1C. The Bertz CT molecular complexity index is 1010. The maximum absolute atomic E-state index is 11.7. The summed E-state index contributed by atoms with van der Waals surface area (Å²) in [6, 6.07) is 8.33. The molecule has 0 aliphatic carbocycles. The van der Waals surface area contributed by atoms with E-state index in [9.17, 15) is 4.79 Å². The lowest BCUT2D eigenvalue weighted by Crippen LogP contribution is -2.18. The first-order chi connectivity index (χ1) is 14.5. The number of aromatic nitrogens is 2. The fraction of sp³-hybridized carbons (Fsp3) is 0.400. The Morgan fingerprint density at radius 2 is 1.81 bits per heavy atom. The number of aryl methyl sites for hydroxylation is 2. The molecule has 1 unspecified atom stereocenters. The molecular weight excluding hydrogens is 390 g/mol. The van der Waals surface area contributed by atoms with Gasteiger partial charge in [-0.3, -0.25) is 9.67 Å². The number of hydrogen-bond acceptors (Lipinski definition) is 5. The minimum atomic E-state index is -0.829. The summed E-state index contributed by atoms with van der Waals surface area (Å²) < 4.78 is 13.2. The summed E-state index contributed by atoms with van der Waals surface area (Å²) in [6.45, 7) is 15.6. The van der Waals surface area contributed by atoms with Crippen molar-refractivity contribution >= 4 is 23.5 Å². The lowest BCUT2D eigenvalue weighted by Gasteiger charge is -2.22. The standard InChI is InChI=1S/C25H33N3O3/c1-10-22(29)30-18(4)31-24(23-16(2)17(3)27-28(23)9)21(15-26-8)19-11-13-20(14-12-19)25(5,6)7/h10-15,18H,1H2,2-9H3/b24-21-,26-15?. The third-order valence-electron chi connectivity index (χ3n) is 5.03. The molecule has 0 saturated carbocycles. The van der Waals surface area contributed by atoms with Crippen molar-refractivity contribution < 1.29 is 14.3 Å². The highest BCUT2D eigenvalue weighted by atomic mass is 16.7. The monoisotopic (exact) mass is 423 g/mol. The molecule has 0 aliphatic heterocycles. The van der Waals surface area contributed by atoms with Crippen molar-refractivity contribution in [3.05, 3.63) is 65.0 Å². The molecule has 0 aliphatic rings. The third-order valence-corrected chi connectivity index (χ3v) is 5.03. The fourth-order valence-electron chi connectivity index (χ4n) is 3.27. The van der Waals surface area contributed by atoms with Crippen molar-refractivity contribution in [2.75, 3.05) is 7.05 Å². The van der Waals surface area contributed by atoms with Crippen LogP contribution in [0.5, 0.6) is 0 Å². The van der Waals surface area contributed by atoms with E-state index in [1.165, 1.54) is 5.56 Å². The summed E-state index contributed by atoms with van der Waals surface area (Å²) in [5.74, 6) is -0.0101. The van der Waals surface area contributed by atoms with Gasteiger partial charge in [0.2, 0.25) is 6.29 Å². The first-order valence-corrected chi connectivity index (χ1v) is 10.3. The number of esters is 1. The van der Waals surface area contributed by atoms with Crippen LogP contribution in [0.25, 0.3) is 11.3 Å². The van der Waals surface area contributed by atoms with Gasteiger partial charge < -0.3 is 9.47 Å². The highest BCUT2D eigenvalue weighted by molar-refractivity contribution is 6.18. The molecule has 1 atom stereocenters. The molecule has 1 aromatic heterocycles. The molecular formula is C25H33N3O3. The Morgan fingerprint density at radius 1 is 1.19 bits per heavy atom. The predicted octanol–water partition coefficient (Wildman–Crippen LogP) is 5.00. The van der Waals surface area contributed by atoms with Gasteiger partial charge in [0.25, 0.3) is 0 Å². The van der Waals surface area contributed by atoms with Crippen LogP contribution >= 0.6 is 0 Å². The number of rotatable bonds is 7. The minimum Gasteiger partial charge on any atom is -0.452 e. The molecule has 6 nitrogen and oxygen atoms in total. The molecule has 31 heavy (non-hydrogen) atoms. The summed E-state index contributed by atoms with van der Waals surface area (Å²) in [4.78, 5) is 16.0. The van der Waals surface area contributed by atoms with Crippen molar-refractivity contribution in [3.63, 3.8) is 0 Å². The first kappa shape index (κ1) is 24.1. The quantitative estimate of drug-likeness (QED) is 0.207. The van der Waals surface area contributed by atoms with Gasteiger partial charge >= 0.3 is 5.97 Å². The Kier molecular flexibility index (Phi) is 7.60. The number of allylic oxidation sites excluding steroid dienone is 1. The van der Waals surface area contributed by atoms with Gasteiger partial charge in [-0.25, -0.2) is 4.79 Å². The molecule has 0 fully saturated rings. The van der Waals surface area contributed by atoms with Crippen LogP contribution in [0.4, 0.5) is 0 Å². The van der Waals surface area contributed by atoms with Gasteiger partial charge in [0.05, 0.1) is 5.69 Å². The molecule has 0 saturated heterocycles. The molecule has 166 valence electrons. The average molecular weight is 424 g/mol. The lowest BCUT2D eigenvalue weighted by atomic mass is 9.86. The topological polar surface area (TPSA) is 65.7 Å². The number of benzene rings is 1. The highest BCUT2D eigenvalue weighted by Crippen LogP contribution is 2.32. The van der Waals surface area contributed by atoms with E-state index in [-0.39, 0.29) is 5.41 Å². The number of nitrogens with zero attached hydrogens (tertiary/aromatic N) is 3. The Labute approximate surface area is 185 Å². The summed E-state index contributed by atoms with van der Waals surface area (Å²) in [7, 11) is 3.58. The molecule has 0 spiro atoms. The molecule has 2 aromatic rings. The van der Waals surface area contributed by atoms with Gasteiger partial charge in [-0.1, -0.05) is 51.6 Å². The molecule has 0 bridgehead atoms. The molecule has 6 heteroatoms. The Hall–Kier alpha value is -3.15. The van der Waals surface area contributed by atoms with Crippen LogP contribution in [0.15, 0.2) is 41.9 Å². The van der Waals surface area contributed by atoms with Gasteiger partial charge in [0.1, 0.15) is 5.69 Å². The minimum absolute atomic E-state index is 0.0454. The van der Waals surface area contributed by atoms with E-state index < -0.39 is 12.3 Å². The second kappa shape index (κ2) is 9.77. The maximum atomic E-state index is 11.7. The number of carbonyl (C=O) groups is 1. The summed E-state index contributed by atoms with van der Waals surface area (Å²) in [5, 5.41) is 4.53. The van der Waals surface area contributed by atoms with Crippen LogP contribution in [0.1, 0.15) is 55.8 Å². The second-order valence-corrected chi connectivity index (χ2v) is 8.47. The van der Waals surface area contributed by atoms with E-state index in [1.807, 2.05) is 20.9 Å². The van der Waals surface area contributed by atoms with E-state index in [1.54, 1.807) is 24.9 Å². The zero-order valence-corrected chi connectivity index (χ0v) is 19.8. The second-order valence-electron chi connectivity index (χ2n) is 8.47. The van der Waals surface area contributed by atoms with Crippen molar-refractivity contribution in [1.82, 2.24) is 9.78 Å². The van der Waals surface area contributed by atoms with Crippen molar-refractivity contribution in [3.8, 4) is 0 Å². The van der Waals surface area contributed by atoms with Crippen LogP contribution in [0.3, 0.4) is 0 Å². The zero-order chi connectivity index (χ0) is 23.3. The molecule has 0 N–H and O–H groups in total. The van der Waals surface area contributed by atoms with Crippen LogP contribution in [-0.2, 0) is 26.7 Å². The fourth-order valence-corrected chi connectivity index (χ4v) is 3.27. The van der Waals surface area contributed by atoms with Crippen LogP contribution in [0, 0.1) is 13.8 Å². The van der Waals surface area contributed by atoms with Crippen LogP contribution in [0.2, 0.25) is 0 Å². The van der Waals surface area contributed by atoms with Crippen LogP contribution in [-0.4, -0.2) is 35.3 Å². The van der Waals surface area contributed by atoms with E-state index in [4.69, 9.17) is 9.47 Å². The van der Waals surface area contributed by atoms with Gasteiger partial charge in [-0.2, -0.15) is 5.10 Å². The number of ether oxygens (including phenoxy) is 2. The number of hydrogen-bond donors (Lipinski definition) is 0. The van der Waals surface area contributed by atoms with Crippen molar-refractivity contribution in [2.45, 2.75) is 53.2 Å². The zero-order valence-electron chi connectivity index (χ0n) is 19.8. The number of aliphatic imine (C=N–C) groups is 1. The lowest BCUT2D eigenvalue weighted by molar-refractivity contribution is -0.157. The van der Waals surface area contributed by atoms with Gasteiger partial charge in [0, 0.05) is 44.4 Å². The Balaban J connectivity index is 2.70. The van der Waals surface area contributed by atoms with E-state index in [2.05, 4.69) is 61.7 Å². The summed E-state index contributed by atoms with van der Waals surface area (Å²) in [6.07, 6.45) is 2.04. The van der Waals surface area contributed by atoms with Crippen molar-refractivity contribution in [1.29, 1.82) is 0 Å². The van der Waals surface area contributed by atoms with Gasteiger partial charge in [0.15, 0.2) is 5.76 Å². The summed E-state index contributed by atoms with van der Waals surface area (Å²) in [5.41, 5.74) is 5.66. The highest BCUT2D eigenvalue weighted by Gasteiger charge is 2.23. The van der Waals surface area contributed by atoms with Gasteiger partial charge in [-0.15, -0.1) is 0 Å².